The van der Waals surface area contributed by atoms with E-state index < -0.39 is 41.4 Å². The van der Waals surface area contributed by atoms with Crippen molar-refractivity contribution in [1.29, 1.82) is 0 Å². The van der Waals surface area contributed by atoms with Crippen LogP contribution in [-0.2, 0) is 71.4 Å². The number of nitrogens with two attached hydrogens (primary N) is 4. The molecule has 0 aliphatic heterocycles. The van der Waals surface area contributed by atoms with E-state index in [-0.39, 0.29) is 36.5 Å². The van der Waals surface area contributed by atoms with Crippen molar-refractivity contribution in [3.05, 3.63) is 106 Å². The molecule has 0 aromatic heterocycles. The lowest BCUT2D eigenvalue weighted by molar-refractivity contribution is -0.127. The Labute approximate surface area is 234 Å². The third-order valence-corrected chi connectivity index (χ3v) is 8.53. The van der Waals surface area contributed by atoms with Gasteiger partial charge in [-0.1, -0.05) is 72.8 Å². The van der Waals surface area contributed by atoms with E-state index in [1.807, 2.05) is 0 Å². The number of sulfonamides is 3. The zero-order valence-corrected chi connectivity index (χ0v) is 24.0. The average Bonchev–Trinajstić information content (AvgIpc) is 2.80. The molecule has 14 heteroatoms. The zero-order valence-electron chi connectivity index (χ0n) is 21.6. The van der Waals surface area contributed by atoms with Gasteiger partial charge in [0.15, 0.2) is 0 Å². The van der Waals surface area contributed by atoms with Crippen LogP contribution in [0.15, 0.2) is 72.8 Å². The molecule has 3 rings (SSSR count). The largest absolute Gasteiger partial charge is 0.369 e. The molecule has 40 heavy (non-hydrogen) atoms. The molecule has 1 amide bonds. The summed E-state index contributed by atoms with van der Waals surface area (Å²) in [5.41, 5.74) is 8.55. The average molecular weight is 609 g/mol. The molecule has 0 fully saturated rings. The Morgan fingerprint density at radius 1 is 0.475 bits per heavy atom. The third-order valence-electron chi connectivity index (χ3n) is 6.32. The Balaban J connectivity index is 1.97. The van der Waals surface area contributed by atoms with E-state index in [2.05, 4.69) is 0 Å². The number of hydrogen-bond donors (Lipinski definition) is 4. The lowest BCUT2D eigenvalue weighted by atomic mass is 9.71. The Hall–Kier alpha value is -3.14. The van der Waals surface area contributed by atoms with E-state index in [1.54, 1.807) is 72.8 Å². The summed E-state index contributed by atoms with van der Waals surface area (Å²) >= 11 is 0. The van der Waals surface area contributed by atoms with Crippen LogP contribution in [0.5, 0.6) is 0 Å². The number of hydrogen-bond acceptors (Lipinski definition) is 7. The van der Waals surface area contributed by atoms with Crippen molar-refractivity contribution < 1.29 is 30.0 Å². The Bertz CT molecular complexity index is 1480. The molecule has 0 aliphatic carbocycles. The molecule has 216 valence electrons. The van der Waals surface area contributed by atoms with Crippen molar-refractivity contribution in [2.24, 2.45) is 26.6 Å². The van der Waals surface area contributed by atoms with Crippen LogP contribution in [0.1, 0.15) is 33.4 Å². The van der Waals surface area contributed by atoms with E-state index in [0.717, 1.165) is 16.7 Å². The number of carbonyl (C=O) groups excluding carboxylic acids is 1. The normalized spacial score (nSPS) is 12.8. The molecule has 0 unspecified atom stereocenters. The number of benzene rings is 3. The van der Waals surface area contributed by atoms with E-state index >= 15 is 0 Å². The van der Waals surface area contributed by atoms with E-state index in [4.69, 9.17) is 21.2 Å². The Morgan fingerprint density at radius 3 is 0.850 bits per heavy atom. The monoisotopic (exact) mass is 608 g/mol. The molecule has 0 saturated carbocycles. The molecule has 3 aromatic carbocycles. The van der Waals surface area contributed by atoms with Gasteiger partial charge in [-0.2, -0.15) is 0 Å². The van der Waals surface area contributed by atoms with Crippen LogP contribution in [0.4, 0.5) is 0 Å². The summed E-state index contributed by atoms with van der Waals surface area (Å²) in [5, 5.41) is 15.4. The highest BCUT2D eigenvalue weighted by Gasteiger charge is 2.37. The molecular formula is C26H32N4O7S3. The van der Waals surface area contributed by atoms with Crippen molar-refractivity contribution in [1.82, 2.24) is 0 Å². The van der Waals surface area contributed by atoms with Gasteiger partial charge in [-0.25, -0.2) is 40.7 Å². The second-order valence-electron chi connectivity index (χ2n) is 10.0. The van der Waals surface area contributed by atoms with Crippen LogP contribution < -0.4 is 21.2 Å². The highest BCUT2D eigenvalue weighted by atomic mass is 32.2. The van der Waals surface area contributed by atoms with Gasteiger partial charge < -0.3 is 5.73 Å². The van der Waals surface area contributed by atoms with Gasteiger partial charge in [0.2, 0.25) is 36.0 Å². The summed E-state index contributed by atoms with van der Waals surface area (Å²) in [6.07, 6.45) is 0.613. The SMILES string of the molecule is NC(=O)C(Cc1ccc(CS(N)(=O)=O)cc1)(Cc1ccc(CS(N)(=O)=O)cc1)Cc1ccc(CS(N)(=O)=O)cc1. The van der Waals surface area contributed by atoms with Crippen LogP contribution in [0.25, 0.3) is 0 Å². The van der Waals surface area contributed by atoms with Crippen LogP contribution in [0.3, 0.4) is 0 Å². The summed E-state index contributed by atoms with van der Waals surface area (Å²) in [7, 11) is -11.1. The number of rotatable bonds is 13. The molecule has 0 spiro atoms. The first-order valence-corrected chi connectivity index (χ1v) is 17.1. The predicted octanol–water partition coefficient (Wildman–Crippen LogP) is 0.552. The summed E-state index contributed by atoms with van der Waals surface area (Å²) < 4.78 is 68.7. The van der Waals surface area contributed by atoms with E-state index in [0.29, 0.717) is 16.7 Å². The molecule has 0 radical (unpaired) electrons. The van der Waals surface area contributed by atoms with Crippen LogP contribution >= 0.6 is 0 Å². The van der Waals surface area contributed by atoms with Gasteiger partial charge >= 0.3 is 0 Å². The Kier molecular flexibility index (Phi) is 9.54. The van der Waals surface area contributed by atoms with Crippen LogP contribution in [-0.4, -0.2) is 31.2 Å². The third kappa shape index (κ3) is 10.1. The fourth-order valence-corrected chi connectivity index (χ4v) is 6.55. The Morgan fingerprint density at radius 2 is 0.675 bits per heavy atom. The summed E-state index contributed by atoms with van der Waals surface area (Å²) in [4.78, 5) is 13.1. The van der Waals surface area contributed by atoms with E-state index in [9.17, 15) is 30.0 Å². The topological polar surface area (TPSA) is 224 Å². The minimum Gasteiger partial charge on any atom is -0.369 e. The smallest absolute Gasteiger partial charge is 0.224 e. The molecular weight excluding hydrogens is 577 g/mol. The fraction of sp³-hybridized carbons (Fsp3) is 0.269. The molecule has 0 bridgehead atoms. The maximum Gasteiger partial charge on any atom is 0.224 e. The van der Waals surface area contributed by atoms with Gasteiger partial charge in [0.1, 0.15) is 0 Å². The summed E-state index contributed by atoms with van der Waals surface area (Å²) in [5.74, 6) is -1.57. The first-order valence-electron chi connectivity index (χ1n) is 12.0. The first kappa shape index (κ1) is 31.4. The highest BCUT2D eigenvalue weighted by Crippen LogP contribution is 2.33. The van der Waals surface area contributed by atoms with Crippen molar-refractivity contribution in [2.75, 3.05) is 0 Å². The highest BCUT2D eigenvalue weighted by molar-refractivity contribution is 7.88. The lowest BCUT2D eigenvalue weighted by Crippen LogP contribution is -2.43. The summed E-state index contributed by atoms with van der Waals surface area (Å²) in [6, 6.07) is 20.0. The number of amides is 1. The predicted molar refractivity (Wildman–Crippen MR) is 152 cm³/mol. The van der Waals surface area contributed by atoms with Crippen LogP contribution in [0, 0.1) is 5.41 Å². The van der Waals surface area contributed by atoms with Gasteiger partial charge in [-0.3, -0.25) is 4.79 Å². The van der Waals surface area contributed by atoms with Gasteiger partial charge in [0, 0.05) is 0 Å². The molecule has 3 aromatic rings. The minimum absolute atomic E-state index is 0.204. The molecule has 0 heterocycles. The van der Waals surface area contributed by atoms with Crippen molar-refractivity contribution in [3.8, 4) is 0 Å². The lowest BCUT2D eigenvalue weighted by Gasteiger charge is -2.32. The molecule has 11 nitrogen and oxygen atoms in total. The van der Waals surface area contributed by atoms with Crippen molar-refractivity contribution >= 4 is 36.0 Å². The number of primary sulfonamides is 3. The minimum atomic E-state index is -3.72. The maximum absolute atomic E-state index is 13.1. The fourth-order valence-electron chi connectivity index (χ4n) is 4.58. The second-order valence-corrected chi connectivity index (χ2v) is 14.9. The number of primary amides is 1. The van der Waals surface area contributed by atoms with Gasteiger partial charge in [0.25, 0.3) is 0 Å². The zero-order chi connectivity index (χ0) is 29.8. The molecule has 0 atom stereocenters. The quantitative estimate of drug-likeness (QED) is 0.215. The van der Waals surface area contributed by atoms with Gasteiger partial charge in [0.05, 0.1) is 22.7 Å². The van der Waals surface area contributed by atoms with Crippen LogP contribution in [0.2, 0.25) is 0 Å². The van der Waals surface area contributed by atoms with Gasteiger partial charge in [-0.15, -0.1) is 0 Å². The van der Waals surface area contributed by atoms with Gasteiger partial charge in [-0.05, 0) is 52.6 Å². The molecule has 0 saturated heterocycles. The second kappa shape index (κ2) is 12.2. The number of carbonyl (C=O) groups is 1. The first-order chi connectivity index (χ1) is 18.4. The summed E-state index contributed by atoms with van der Waals surface area (Å²) in [6.45, 7) is 0. The van der Waals surface area contributed by atoms with Crippen molar-refractivity contribution in [3.63, 3.8) is 0 Å². The molecule has 0 aliphatic rings. The van der Waals surface area contributed by atoms with Crippen molar-refractivity contribution in [2.45, 2.75) is 36.5 Å². The standard InChI is InChI=1S/C26H32N4O7S3/c27-25(31)26(13-19-1-7-22(8-2-19)16-38(28,32)33,14-20-3-9-23(10-4-20)17-39(29,34)35)15-21-5-11-24(12-6-21)18-40(30,36)37/h1-12H,13-18H2,(H2,27,31)(H2,28,32,33)(H2,29,34,35)(H2,30,36,37). The molecule has 8 N–H and O–H groups in total. The van der Waals surface area contributed by atoms with E-state index in [1.165, 1.54) is 0 Å². The maximum atomic E-state index is 13.1.